The van der Waals surface area contributed by atoms with Crippen molar-refractivity contribution in [2.45, 2.75) is 13.8 Å². The van der Waals surface area contributed by atoms with Gasteiger partial charge in [0, 0.05) is 33.3 Å². The lowest BCUT2D eigenvalue weighted by molar-refractivity contribution is 1.18. The molecule has 8 aromatic rings. The summed E-state index contributed by atoms with van der Waals surface area (Å²) in [5, 5.41) is 12.8. The third-order valence-electron chi connectivity index (χ3n) is 9.08. The van der Waals surface area contributed by atoms with Crippen molar-refractivity contribution in [2.24, 2.45) is 0 Å². The Balaban J connectivity index is 1.35. The van der Waals surface area contributed by atoms with Gasteiger partial charge in [0.2, 0.25) is 0 Å². The Morgan fingerprint density at radius 1 is 0.500 bits per heavy atom. The second-order valence-electron chi connectivity index (χ2n) is 12.3. The molecule has 3 nitrogen and oxygen atoms in total. The van der Waals surface area contributed by atoms with Gasteiger partial charge in [-0.25, -0.2) is 0 Å². The van der Waals surface area contributed by atoms with Gasteiger partial charge in [-0.15, -0.1) is 0 Å². The molecule has 0 radical (unpaired) electrons. The number of para-hydroxylation sites is 4. The quantitative estimate of drug-likeness (QED) is 0.186. The fraction of sp³-hybridized carbons (Fsp3) is 0.0444. The zero-order valence-electron chi connectivity index (χ0n) is 26.9. The fourth-order valence-corrected chi connectivity index (χ4v) is 6.92. The number of rotatable bonds is 6. The van der Waals surface area contributed by atoms with E-state index in [2.05, 4.69) is 169 Å². The fourth-order valence-electron chi connectivity index (χ4n) is 6.92. The summed E-state index contributed by atoms with van der Waals surface area (Å²) in [5.74, 6) is 0. The SMILES string of the molecule is Cc1ccc2c(c1)c1cc(C)ccc1n2-c1ccccc1-c1cc(C#N)cc(-c2ccccc2N(c2ccccc2)c2ccccc2)c1. The minimum atomic E-state index is 0.617. The Morgan fingerprint density at radius 3 is 1.58 bits per heavy atom. The van der Waals surface area contributed by atoms with Crippen LogP contribution in [0.15, 0.2) is 164 Å². The smallest absolute Gasteiger partial charge is 0.0992 e. The molecule has 48 heavy (non-hydrogen) atoms. The highest BCUT2D eigenvalue weighted by molar-refractivity contribution is 6.10. The molecule has 0 aliphatic heterocycles. The van der Waals surface area contributed by atoms with E-state index in [0.717, 1.165) is 56.0 Å². The Hall–Kier alpha value is -6.37. The van der Waals surface area contributed by atoms with Crippen LogP contribution < -0.4 is 4.90 Å². The highest BCUT2D eigenvalue weighted by Crippen LogP contribution is 2.43. The number of benzene rings is 7. The number of nitriles is 1. The first-order valence-corrected chi connectivity index (χ1v) is 16.2. The molecule has 0 aliphatic carbocycles. The summed E-state index contributed by atoms with van der Waals surface area (Å²) < 4.78 is 2.37. The predicted molar refractivity (Wildman–Crippen MR) is 201 cm³/mol. The van der Waals surface area contributed by atoms with E-state index in [9.17, 15) is 5.26 Å². The lowest BCUT2D eigenvalue weighted by Gasteiger charge is -2.28. The maximum Gasteiger partial charge on any atom is 0.0992 e. The van der Waals surface area contributed by atoms with Crippen LogP contribution >= 0.6 is 0 Å². The molecule has 0 N–H and O–H groups in total. The van der Waals surface area contributed by atoms with Gasteiger partial charge in [0.05, 0.1) is 34.0 Å². The molecule has 0 bridgehead atoms. The molecule has 7 aromatic carbocycles. The largest absolute Gasteiger partial charge is 0.310 e. The van der Waals surface area contributed by atoms with Crippen molar-refractivity contribution in [3.63, 3.8) is 0 Å². The van der Waals surface area contributed by atoms with Crippen LogP contribution in [0.5, 0.6) is 0 Å². The van der Waals surface area contributed by atoms with Crippen LogP contribution in [0.25, 0.3) is 49.7 Å². The average Bonchev–Trinajstić information content (AvgIpc) is 3.45. The number of nitrogens with zero attached hydrogens (tertiary/aromatic N) is 3. The molecule has 0 aliphatic rings. The topological polar surface area (TPSA) is 32.0 Å². The molecule has 8 rings (SSSR count). The van der Waals surface area contributed by atoms with E-state index in [1.165, 1.54) is 21.9 Å². The zero-order valence-corrected chi connectivity index (χ0v) is 26.9. The molecule has 228 valence electrons. The van der Waals surface area contributed by atoms with E-state index in [0.29, 0.717) is 5.56 Å². The van der Waals surface area contributed by atoms with Crippen molar-refractivity contribution >= 4 is 38.9 Å². The number of fused-ring (bicyclic) bond motifs is 3. The van der Waals surface area contributed by atoms with Gasteiger partial charge < -0.3 is 9.47 Å². The zero-order chi connectivity index (χ0) is 32.6. The predicted octanol–water partition coefficient (Wildman–Crippen LogP) is 12.1. The van der Waals surface area contributed by atoms with Gasteiger partial charge in [0.1, 0.15) is 0 Å². The second kappa shape index (κ2) is 12.1. The first-order valence-electron chi connectivity index (χ1n) is 16.2. The molecular formula is C45H33N3. The van der Waals surface area contributed by atoms with E-state index in [1.807, 2.05) is 24.3 Å². The summed E-state index contributed by atoms with van der Waals surface area (Å²) >= 11 is 0. The maximum atomic E-state index is 10.3. The van der Waals surface area contributed by atoms with Crippen LogP contribution in [0.3, 0.4) is 0 Å². The number of aromatic nitrogens is 1. The Morgan fingerprint density at radius 2 is 1.00 bits per heavy atom. The first-order chi connectivity index (χ1) is 23.6. The molecule has 0 spiro atoms. The molecule has 0 atom stereocenters. The van der Waals surface area contributed by atoms with Gasteiger partial charge in [-0.1, -0.05) is 96.1 Å². The summed E-state index contributed by atoms with van der Waals surface area (Å²) in [7, 11) is 0. The normalized spacial score (nSPS) is 11.1. The van der Waals surface area contributed by atoms with E-state index >= 15 is 0 Å². The second-order valence-corrected chi connectivity index (χ2v) is 12.3. The first kappa shape index (κ1) is 29.1. The maximum absolute atomic E-state index is 10.3. The van der Waals surface area contributed by atoms with Gasteiger partial charge in [0.15, 0.2) is 0 Å². The van der Waals surface area contributed by atoms with Gasteiger partial charge in [-0.2, -0.15) is 5.26 Å². The number of hydrogen-bond acceptors (Lipinski definition) is 2. The molecular weight excluding hydrogens is 583 g/mol. The van der Waals surface area contributed by atoms with Crippen molar-refractivity contribution in [1.82, 2.24) is 4.57 Å². The lowest BCUT2D eigenvalue weighted by Crippen LogP contribution is -2.11. The van der Waals surface area contributed by atoms with Crippen LogP contribution in [0.1, 0.15) is 16.7 Å². The molecule has 3 heteroatoms. The van der Waals surface area contributed by atoms with Gasteiger partial charge in [0.25, 0.3) is 0 Å². The van der Waals surface area contributed by atoms with Crippen LogP contribution in [-0.4, -0.2) is 4.57 Å². The van der Waals surface area contributed by atoms with E-state index in [1.54, 1.807) is 0 Å². The van der Waals surface area contributed by atoms with Gasteiger partial charge in [-0.3, -0.25) is 0 Å². The third kappa shape index (κ3) is 5.11. The Kier molecular flexibility index (Phi) is 7.32. The summed E-state index contributed by atoms with van der Waals surface area (Å²) in [6.45, 7) is 4.30. The van der Waals surface area contributed by atoms with Gasteiger partial charge >= 0.3 is 0 Å². The lowest BCUT2D eigenvalue weighted by atomic mass is 9.94. The van der Waals surface area contributed by atoms with Crippen LogP contribution in [0, 0.1) is 25.2 Å². The van der Waals surface area contributed by atoms with Crippen LogP contribution in [0.2, 0.25) is 0 Å². The molecule has 1 heterocycles. The minimum absolute atomic E-state index is 0.617. The van der Waals surface area contributed by atoms with Crippen molar-refractivity contribution < 1.29 is 0 Å². The standard InChI is InChI=1S/C45H33N3/c1-31-21-23-44-40(25-31)41-26-32(2)22-24-45(41)48(44)43-20-12-10-18-39(43)35-28-33(30-46)27-34(29-35)38-17-9-11-19-42(38)47(36-13-5-3-6-14-36)37-15-7-4-8-16-37/h3-29H,1-2H3. The highest BCUT2D eigenvalue weighted by atomic mass is 15.1. The summed E-state index contributed by atoms with van der Waals surface area (Å²) in [5.41, 5.74) is 13.8. The van der Waals surface area contributed by atoms with Crippen molar-refractivity contribution in [3.8, 4) is 34.0 Å². The van der Waals surface area contributed by atoms with Gasteiger partial charge in [-0.05, 0) is 104 Å². The minimum Gasteiger partial charge on any atom is -0.310 e. The summed E-state index contributed by atoms with van der Waals surface area (Å²) in [6, 6.07) is 60.0. The number of aryl methyl sites for hydroxylation is 2. The highest BCUT2D eigenvalue weighted by Gasteiger charge is 2.20. The van der Waals surface area contributed by atoms with E-state index < -0.39 is 0 Å². The molecule has 0 unspecified atom stereocenters. The van der Waals surface area contributed by atoms with E-state index in [4.69, 9.17) is 0 Å². The number of hydrogen-bond donors (Lipinski definition) is 0. The van der Waals surface area contributed by atoms with Crippen molar-refractivity contribution in [2.75, 3.05) is 4.90 Å². The molecule has 1 aromatic heterocycles. The van der Waals surface area contributed by atoms with E-state index in [-0.39, 0.29) is 0 Å². The van der Waals surface area contributed by atoms with Crippen molar-refractivity contribution in [3.05, 3.63) is 180 Å². The summed E-state index contributed by atoms with van der Waals surface area (Å²) in [4.78, 5) is 2.28. The molecule has 0 amide bonds. The Bertz CT molecular complexity index is 2380. The monoisotopic (exact) mass is 615 g/mol. The average molecular weight is 616 g/mol. The molecule has 0 saturated heterocycles. The van der Waals surface area contributed by atoms with Crippen LogP contribution in [-0.2, 0) is 0 Å². The van der Waals surface area contributed by atoms with Crippen LogP contribution in [0.4, 0.5) is 17.1 Å². The third-order valence-corrected chi connectivity index (χ3v) is 9.08. The summed E-state index contributed by atoms with van der Waals surface area (Å²) in [6.07, 6.45) is 0. The number of anilines is 3. The Labute approximate surface area is 281 Å². The molecule has 0 fully saturated rings. The van der Waals surface area contributed by atoms with Crippen molar-refractivity contribution in [1.29, 1.82) is 5.26 Å². The molecule has 0 saturated carbocycles.